The molecule has 1 fully saturated rings. The van der Waals surface area contributed by atoms with Crippen molar-refractivity contribution in [2.45, 2.75) is 31.4 Å². The Hall–Kier alpha value is -3.30. The van der Waals surface area contributed by atoms with Gasteiger partial charge < -0.3 is 15.2 Å². The van der Waals surface area contributed by atoms with Crippen LogP contribution in [0.3, 0.4) is 0 Å². The summed E-state index contributed by atoms with van der Waals surface area (Å²) < 4.78 is 36.7. The standard InChI is InChI=1S/C21H22F3N5O2/c22-21(23,24)12-26-20(31)18-10-17(27-28-18)13-5-7-29(8-6-13)19(30)9-14-11-25-16-4-2-1-3-15(14)16/h1-4,10-11,13,25H,5-9,12H2,(H,26,31)(H,27,28). The number of alkyl halides is 3. The van der Waals surface area contributed by atoms with Gasteiger partial charge in [-0.2, -0.15) is 18.3 Å². The molecule has 7 nitrogen and oxygen atoms in total. The van der Waals surface area contributed by atoms with Gasteiger partial charge in [-0.25, -0.2) is 0 Å². The number of hydrogen-bond acceptors (Lipinski definition) is 3. The van der Waals surface area contributed by atoms with Gasteiger partial charge in [0.2, 0.25) is 5.91 Å². The predicted molar refractivity (Wildman–Crippen MR) is 108 cm³/mol. The molecule has 2 amide bonds. The van der Waals surface area contributed by atoms with Crippen molar-refractivity contribution in [3.05, 3.63) is 53.5 Å². The Morgan fingerprint density at radius 1 is 1.19 bits per heavy atom. The third kappa shape index (κ3) is 4.89. The summed E-state index contributed by atoms with van der Waals surface area (Å²) in [6, 6.07) is 9.33. The highest BCUT2D eigenvalue weighted by molar-refractivity contribution is 5.92. The highest BCUT2D eigenvalue weighted by Gasteiger charge is 2.29. The number of carbonyl (C=O) groups excluding carboxylic acids is 2. The minimum Gasteiger partial charge on any atom is -0.361 e. The van der Waals surface area contributed by atoms with Crippen LogP contribution in [0.2, 0.25) is 0 Å². The first kappa shape index (κ1) is 21.0. The van der Waals surface area contributed by atoms with Crippen molar-refractivity contribution in [1.29, 1.82) is 0 Å². The average molecular weight is 433 g/mol. The van der Waals surface area contributed by atoms with E-state index in [1.807, 2.05) is 40.7 Å². The van der Waals surface area contributed by atoms with Crippen molar-refractivity contribution in [2.24, 2.45) is 0 Å². The maximum absolute atomic E-state index is 12.7. The lowest BCUT2D eigenvalue weighted by Crippen LogP contribution is -2.38. The normalized spacial score (nSPS) is 15.4. The molecule has 2 aromatic heterocycles. The second-order valence-electron chi connectivity index (χ2n) is 7.70. The number of carbonyl (C=O) groups is 2. The molecule has 1 saturated heterocycles. The fourth-order valence-corrected chi connectivity index (χ4v) is 3.93. The van der Waals surface area contributed by atoms with Gasteiger partial charge in [-0.1, -0.05) is 18.2 Å². The van der Waals surface area contributed by atoms with Crippen LogP contribution in [-0.4, -0.2) is 57.7 Å². The SMILES string of the molecule is O=C(NCC(F)(F)F)c1cc(C2CCN(C(=O)Cc3c[nH]c4ccccc34)CC2)[nH]n1. The Morgan fingerprint density at radius 3 is 2.68 bits per heavy atom. The first-order valence-corrected chi connectivity index (χ1v) is 10.0. The lowest BCUT2D eigenvalue weighted by Gasteiger charge is -2.31. The Bertz CT molecular complexity index is 1080. The van der Waals surface area contributed by atoms with Gasteiger partial charge in [0, 0.05) is 41.8 Å². The van der Waals surface area contributed by atoms with Crippen LogP contribution in [0.5, 0.6) is 0 Å². The molecule has 0 unspecified atom stereocenters. The van der Waals surface area contributed by atoms with Crippen LogP contribution in [0.25, 0.3) is 10.9 Å². The number of aromatic amines is 2. The van der Waals surface area contributed by atoms with E-state index in [-0.39, 0.29) is 17.5 Å². The smallest absolute Gasteiger partial charge is 0.361 e. The fourth-order valence-electron chi connectivity index (χ4n) is 3.93. The zero-order chi connectivity index (χ0) is 22.0. The first-order chi connectivity index (χ1) is 14.8. The van der Waals surface area contributed by atoms with Gasteiger partial charge in [-0.15, -0.1) is 0 Å². The number of piperidine rings is 1. The van der Waals surface area contributed by atoms with Crippen LogP contribution < -0.4 is 5.32 Å². The number of para-hydroxylation sites is 1. The molecule has 3 N–H and O–H groups in total. The molecule has 3 aromatic rings. The van der Waals surface area contributed by atoms with Crippen molar-refractivity contribution >= 4 is 22.7 Å². The van der Waals surface area contributed by atoms with Gasteiger partial charge in [0.1, 0.15) is 12.2 Å². The maximum atomic E-state index is 12.7. The van der Waals surface area contributed by atoms with E-state index in [2.05, 4.69) is 15.2 Å². The van der Waals surface area contributed by atoms with E-state index in [0.717, 1.165) is 16.5 Å². The van der Waals surface area contributed by atoms with Crippen LogP contribution in [0, 0.1) is 0 Å². The summed E-state index contributed by atoms with van der Waals surface area (Å²) in [5.74, 6) is -0.750. The summed E-state index contributed by atoms with van der Waals surface area (Å²) in [6.45, 7) is -0.258. The van der Waals surface area contributed by atoms with Crippen LogP contribution in [0.4, 0.5) is 13.2 Å². The molecule has 10 heteroatoms. The molecule has 31 heavy (non-hydrogen) atoms. The van der Waals surface area contributed by atoms with Gasteiger partial charge in [0.25, 0.3) is 5.91 Å². The fraction of sp³-hybridized carbons (Fsp3) is 0.381. The zero-order valence-corrected chi connectivity index (χ0v) is 16.6. The lowest BCUT2D eigenvalue weighted by molar-refractivity contribution is -0.131. The van der Waals surface area contributed by atoms with Crippen molar-refractivity contribution in [3.8, 4) is 0 Å². The maximum Gasteiger partial charge on any atom is 0.405 e. The molecule has 0 bridgehead atoms. The molecule has 0 radical (unpaired) electrons. The summed E-state index contributed by atoms with van der Waals surface area (Å²) in [6.07, 6.45) is -0.911. The lowest BCUT2D eigenvalue weighted by atomic mass is 9.93. The summed E-state index contributed by atoms with van der Waals surface area (Å²) in [5, 5.41) is 9.44. The minimum absolute atomic E-state index is 0.0556. The van der Waals surface area contributed by atoms with Gasteiger partial charge in [-0.05, 0) is 30.5 Å². The number of fused-ring (bicyclic) bond motifs is 1. The molecule has 164 valence electrons. The predicted octanol–water partition coefficient (Wildman–Crippen LogP) is 3.13. The summed E-state index contributed by atoms with van der Waals surface area (Å²) in [5.41, 5.74) is 2.59. The molecule has 1 aromatic carbocycles. The van der Waals surface area contributed by atoms with Gasteiger partial charge in [-0.3, -0.25) is 14.7 Å². The van der Waals surface area contributed by atoms with Crippen molar-refractivity contribution < 1.29 is 22.8 Å². The summed E-state index contributed by atoms with van der Waals surface area (Å²) >= 11 is 0. The second-order valence-corrected chi connectivity index (χ2v) is 7.70. The quantitative estimate of drug-likeness (QED) is 0.577. The molecule has 0 aliphatic carbocycles. The van der Waals surface area contributed by atoms with Crippen molar-refractivity contribution in [1.82, 2.24) is 25.4 Å². The third-order valence-corrected chi connectivity index (χ3v) is 5.58. The van der Waals surface area contributed by atoms with Crippen molar-refractivity contribution in [3.63, 3.8) is 0 Å². The van der Waals surface area contributed by atoms with Crippen molar-refractivity contribution in [2.75, 3.05) is 19.6 Å². The van der Waals surface area contributed by atoms with Crippen LogP contribution >= 0.6 is 0 Å². The number of likely N-dealkylation sites (tertiary alicyclic amines) is 1. The van der Waals surface area contributed by atoms with Crippen LogP contribution in [0.1, 0.15) is 40.5 Å². The minimum atomic E-state index is -4.47. The molecule has 1 aliphatic heterocycles. The number of rotatable bonds is 5. The molecular weight excluding hydrogens is 411 g/mol. The molecule has 0 atom stereocenters. The average Bonchev–Trinajstić information content (AvgIpc) is 3.40. The molecule has 0 spiro atoms. The Balaban J connectivity index is 1.31. The molecular formula is C21H22F3N5O2. The number of H-pyrrole nitrogens is 2. The van der Waals surface area contributed by atoms with Gasteiger partial charge in [0.15, 0.2) is 0 Å². The zero-order valence-electron chi connectivity index (χ0n) is 16.6. The third-order valence-electron chi connectivity index (χ3n) is 5.58. The van der Waals surface area contributed by atoms with E-state index in [4.69, 9.17) is 0 Å². The van der Waals surface area contributed by atoms with Crippen LogP contribution in [0.15, 0.2) is 36.5 Å². The first-order valence-electron chi connectivity index (χ1n) is 10.0. The second kappa shape index (κ2) is 8.44. The topological polar surface area (TPSA) is 93.9 Å². The van der Waals surface area contributed by atoms with E-state index < -0.39 is 18.6 Å². The monoisotopic (exact) mass is 433 g/mol. The van der Waals surface area contributed by atoms with Crippen LogP contribution in [-0.2, 0) is 11.2 Å². The van der Waals surface area contributed by atoms with Gasteiger partial charge >= 0.3 is 6.18 Å². The van der Waals surface area contributed by atoms with E-state index in [1.165, 1.54) is 6.07 Å². The molecule has 3 heterocycles. The number of hydrogen-bond donors (Lipinski definition) is 3. The molecule has 1 aliphatic rings. The van der Waals surface area contributed by atoms with E-state index in [0.29, 0.717) is 38.0 Å². The molecule has 0 saturated carbocycles. The summed E-state index contributed by atoms with van der Waals surface area (Å²) in [7, 11) is 0. The van der Waals surface area contributed by atoms with E-state index >= 15 is 0 Å². The Kier molecular flexibility index (Phi) is 5.71. The largest absolute Gasteiger partial charge is 0.405 e. The number of amides is 2. The van der Waals surface area contributed by atoms with E-state index in [1.54, 1.807) is 0 Å². The van der Waals surface area contributed by atoms with Gasteiger partial charge in [0.05, 0.1) is 6.42 Å². The highest BCUT2D eigenvalue weighted by atomic mass is 19.4. The van der Waals surface area contributed by atoms with E-state index in [9.17, 15) is 22.8 Å². The molecule has 4 rings (SSSR count). The summed E-state index contributed by atoms with van der Waals surface area (Å²) in [4.78, 5) is 29.6. The Morgan fingerprint density at radius 2 is 1.94 bits per heavy atom. The number of nitrogens with zero attached hydrogens (tertiary/aromatic N) is 2. The number of nitrogens with one attached hydrogen (secondary N) is 3. The number of benzene rings is 1. The highest BCUT2D eigenvalue weighted by Crippen LogP contribution is 2.28. The number of halogens is 3. The Labute approximate surface area is 176 Å². The number of aromatic nitrogens is 3.